The first-order valence-electron chi connectivity index (χ1n) is 9.42. The number of nitrogens with one attached hydrogen (secondary N) is 2. The Kier molecular flexibility index (Phi) is 5.19. The van der Waals surface area contributed by atoms with Crippen LogP contribution in [0, 0.1) is 6.92 Å². The minimum absolute atomic E-state index is 0.0751. The molecular formula is C20H24ClN6O+. The molecule has 1 aliphatic rings. The van der Waals surface area contributed by atoms with Crippen molar-refractivity contribution in [3.8, 4) is 0 Å². The third-order valence-electron chi connectivity index (χ3n) is 5.40. The fourth-order valence-corrected chi connectivity index (χ4v) is 3.96. The number of aryl methyl sites for hydroxylation is 1. The topological polar surface area (TPSA) is 92.4 Å². The molecule has 1 saturated heterocycles. The van der Waals surface area contributed by atoms with Gasteiger partial charge in [-0.05, 0) is 30.2 Å². The first-order chi connectivity index (χ1) is 13.6. The minimum Gasteiger partial charge on any atom is -0.336 e. The van der Waals surface area contributed by atoms with Crippen molar-refractivity contribution in [1.29, 1.82) is 0 Å². The Morgan fingerprint density at radius 3 is 2.68 bits per heavy atom. The molecule has 0 spiro atoms. The summed E-state index contributed by atoms with van der Waals surface area (Å²) < 4.78 is 0. The van der Waals surface area contributed by atoms with E-state index in [4.69, 9.17) is 17.3 Å². The monoisotopic (exact) mass is 399 g/mol. The summed E-state index contributed by atoms with van der Waals surface area (Å²) in [6.45, 7) is 5.17. The molecule has 1 atom stereocenters. The van der Waals surface area contributed by atoms with E-state index in [1.54, 1.807) is 18.5 Å². The van der Waals surface area contributed by atoms with Gasteiger partial charge in [-0.2, -0.15) is 0 Å². The fraction of sp³-hybridized carbons (Fsp3) is 0.350. The fourth-order valence-electron chi connectivity index (χ4n) is 3.83. The maximum Gasteiger partial charge on any atom is 0.234 e. The van der Waals surface area contributed by atoms with Gasteiger partial charge in [0.15, 0.2) is 0 Å². The molecule has 4 rings (SSSR count). The van der Waals surface area contributed by atoms with E-state index in [0.717, 1.165) is 41.1 Å². The number of piperazine rings is 1. The summed E-state index contributed by atoms with van der Waals surface area (Å²) in [5.41, 5.74) is 8.86. The quantitative estimate of drug-likeness (QED) is 0.698. The van der Waals surface area contributed by atoms with Crippen LogP contribution in [0.15, 0.2) is 36.8 Å². The van der Waals surface area contributed by atoms with Gasteiger partial charge >= 0.3 is 0 Å². The van der Waals surface area contributed by atoms with Gasteiger partial charge in [-0.1, -0.05) is 28.7 Å². The smallest absolute Gasteiger partial charge is 0.234 e. The lowest BCUT2D eigenvalue weighted by atomic mass is 9.97. The molecular weight excluding hydrogens is 376 g/mol. The Labute approximate surface area is 168 Å². The number of fused-ring (bicyclic) bond motifs is 1. The Morgan fingerprint density at radius 1 is 1.29 bits per heavy atom. The predicted octanol–water partition coefficient (Wildman–Crippen LogP) is 1.73. The number of aromatic nitrogens is 3. The number of hydrogen-bond acceptors (Lipinski definition) is 4. The Balaban J connectivity index is 1.48. The molecule has 7 nitrogen and oxygen atoms in total. The van der Waals surface area contributed by atoms with Gasteiger partial charge in [0, 0.05) is 17.8 Å². The van der Waals surface area contributed by atoms with Gasteiger partial charge in [0.2, 0.25) is 23.7 Å². The molecule has 1 amide bonds. The zero-order valence-corrected chi connectivity index (χ0v) is 16.5. The third kappa shape index (κ3) is 3.43. The van der Waals surface area contributed by atoms with E-state index in [0.29, 0.717) is 18.1 Å². The molecule has 1 aromatic carbocycles. The second-order valence-corrected chi connectivity index (χ2v) is 7.54. The van der Waals surface area contributed by atoms with Crippen molar-refractivity contribution in [1.82, 2.24) is 14.9 Å². The standard InChI is InChI=1S/C20H23ClN6O/c1-13-11-23-18-17(13)19(25-12-24-18)26-6-8-27(9-7-26)20(28)16(10-22)14-2-4-15(21)5-3-14/h2-5,11-12,16H,6-10,22H2,1H3,(H,23,24,25)/p+1. The molecule has 0 bridgehead atoms. The number of benzene rings is 1. The van der Waals surface area contributed by atoms with Crippen LogP contribution in [0.3, 0.4) is 0 Å². The van der Waals surface area contributed by atoms with Crippen LogP contribution in [-0.4, -0.2) is 53.5 Å². The van der Waals surface area contributed by atoms with E-state index in [2.05, 4.69) is 26.8 Å². The van der Waals surface area contributed by atoms with E-state index in [9.17, 15) is 4.79 Å². The van der Waals surface area contributed by atoms with Crippen LogP contribution in [0.1, 0.15) is 17.0 Å². The Morgan fingerprint density at radius 2 is 2.00 bits per heavy atom. The second kappa shape index (κ2) is 7.77. The number of nitrogens with zero attached hydrogens (tertiary/aromatic N) is 3. The van der Waals surface area contributed by atoms with E-state index in [1.807, 2.05) is 23.2 Å². The molecule has 28 heavy (non-hydrogen) atoms. The SMILES string of the molecule is Cc1c[nH]c2nc[nH+]c(N3CCN(C(=O)C(CN)c4ccc(Cl)cc4)CC3)c12. The summed E-state index contributed by atoms with van der Waals surface area (Å²) in [6, 6.07) is 7.36. The van der Waals surface area contributed by atoms with Gasteiger partial charge in [-0.25, -0.2) is 4.98 Å². The highest BCUT2D eigenvalue weighted by Crippen LogP contribution is 2.25. The largest absolute Gasteiger partial charge is 0.336 e. The minimum atomic E-state index is -0.338. The molecule has 3 heterocycles. The number of halogens is 1. The molecule has 8 heteroatoms. The molecule has 1 aliphatic heterocycles. The van der Waals surface area contributed by atoms with E-state index < -0.39 is 0 Å². The number of anilines is 1. The zero-order chi connectivity index (χ0) is 19.7. The number of H-pyrrole nitrogens is 2. The molecule has 2 aromatic heterocycles. The number of hydrogen-bond donors (Lipinski definition) is 2. The van der Waals surface area contributed by atoms with Crippen molar-refractivity contribution in [3.63, 3.8) is 0 Å². The van der Waals surface area contributed by atoms with Gasteiger partial charge in [-0.15, -0.1) is 0 Å². The summed E-state index contributed by atoms with van der Waals surface area (Å²) in [5, 5.41) is 1.75. The number of rotatable bonds is 4. The van der Waals surface area contributed by atoms with Crippen LogP contribution in [0.4, 0.5) is 5.82 Å². The molecule has 1 unspecified atom stereocenters. The van der Waals surface area contributed by atoms with Gasteiger partial charge in [-0.3, -0.25) is 9.69 Å². The average Bonchev–Trinajstić information content (AvgIpc) is 3.11. The van der Waals surface area contributed by atoms with Crippen LogP contribution in [0.2, 0.25) is 5.02 Å². The zero-order valence-electron chi connectivity index (χ0n) is 15.8. The Hall–Kier alpha value is -2.64. The summed E-state index contributed by atoms with van der Waals surface area (Å²) >= 11 is 5.96. The van der Waals surface area contributed by atoms with Crippen molar-refractivity contribution >= 4 is 34.4 Å². The second-order valence-electron chi connectivity index (χ2n) is 7.10. The van der Waals surface area contributed by atoms with Crippen molar-refractivity contribution in [3.05, 3.63) is 52.9 Å². The molecule has 0 saturated carbocycles. The highest BCUT2D eigenvalue weighted by molar-refractivity contribution is 6.30. The van der Waals surface area contributed by atoms with Crippen molar-refractivity contribution in [2.45, 2.75) is 12.8 Å². The summed E-state index contributed by atoms with van der Waals surface area (Å²) in [6.07, 6.45) is 3.67. The normalized spacial score (nSPS) is 15.8. The van der Waals surface area contributed by atoms with E-state index in [1.165, 1.54) is 0 Å². The number of aromatic amines is 2. The lowest BCUT2D eigenvalue weighted by Crippen LogP contribution is -2.51. The van der Waals surface area contributed by atoms with Crippen LogP contribution in [0.5, 0.6) is 0 Å². The summed E-state index contributed by atoms with van der Waals surface area (Å²) in [7, 11) is 0. The van der Waals surface area contributed by atoms with Gasteiger partial charge in [0.05, 0.1) is 32.1 Å². The molecule has 1 fully saturated rings. The molecule has 0 aliphatic carbocycles. The number of nitrogens with two attached hydrogens (primary N) is 1. The number of carbonyl (C=O) groups excluding carboxylic acids is 1. The maximum atomic E-state index is 13.1. The lowest BCUT2D eigenvalue weighted by molar-refractivity contribution is -0.367. The number of amides is 1. The number of carbonyl (C=O) groups is 1. The molecule has 4 N–H and O–H groups in total. The van der Waals surface area contributed by atoms with Crippen LogP contribution in [-0.2, 0) is 4.79 Å². The highest BCUT2D eigenvalue weighted by Gasteiger charge is 2.31. The lowest BCUT2D eigenvalue weighted by Gasteiger charge is -2.34. The maximum absolute atomic E-state index is 13.1. The van der Waals surface area contributed by atoms with Gasteiger partial charge in [0.25, 0.3) is 0 Å². The Bertz CT molecular complexity index is 978. The van der Waals surface area contributed by atoms with Gasteiger partial charge in [0.1, 0.15) is 5.39 Å². The molecule has 0 radical (unpaired) electrons. The summed E-state index contributed by atoms with van der Waals surface area (Å²) in [4.78, 5) is 28.1. The third-order valence-corrected chi connectivity index (χ3v) is 5.65. The first kappa shape index (κ1) is 18.7. The average molecular weight is 400 g/mol. The van der Waals surface area contributed by atoms with E-state index >= 15 is 0 Å². The van der Waals surface area contributed by atoms with E-state index in [-0.39, 0.29) is 18.4 Å². The van der Waals surface area contributed by atoms with Crippen LogP contribution >= 0.6 is 11.6 Å². The van der Waals surface area contributed by atoms with Crippen molar-refractivity contribution in [2.75, 3.05) is 37.6 Å². The highest BCUT2D eigenvalue weighted by atomic mass is 35.5. The molecule has 3 aromatic rings. The van der Waals surface area contributed by atoms with Gasteiger partial charge < -0.3 is 15.6 Å². The van der Waals surface area contributed by atoms with Crippen LogP contribution in [0.25, 0.3) is 11.0 Å². The van der Waals surface area contributed by atoms with Crippen molar-refractivity contribution in [2.24, 2.45) is 5.73 Å². The van der Waals surface area contributed by atoms with Crippen molar-refractivity contribution < 1.29 is 9.78 Å². The first-order valence-corrected chi connectivity index (χ1v) is 9.80. The van der Waals surface area contributed by atoms with Crippen LogP contribution < -0.4 is 15.6 Å². The summed E-state index contributed by atoms with van der Waals surface area (Å²) in [5.74, 6) is 0.782. The predicted molar refractivity (Wildman–Crippen MR) is 109 cm³/mol. The molecule has 146 valence electrons.